The SMILES string of the molecule is Cc1cccc2nc(-c3ccccc3Cl)nc(N3CCN(CC=O)CC3)c12. The summed E-state index contributed by atoms with van der Waals surface area (Å²) in [6.07, 6.45) is 0.968. The Morgan fingerprint density at radius 3 is 2.56 bits per heavy atom. The Bertz CT molecular complexity index is 983. The molecule has 0 bridgehead atoms. The smallest absolute Gasteiger partial charge is 0.163 e. The Morgan fingerprint density at radius 2 is 1.81 bits per heavy atom. The van der Waals surface area contributed by atoms with Crippen LogP contribution in [0.15, 0.2) is 42.5 Å². The Kier molecular flexibility index (Phi) is 5.05. The molecule has 0 atom stereocenters. The largest absolute Gasteiger partial charge is 0.353 e. The van der Waals surface area contributed by atoms with E-state index in [0.29, 0.717) is 17.4 Å². The fraction of sp³-hybridized carbons (Fsp3) is 0.286. The van der Waals surface area contributed by atoms with Crippen molar-refractivity contribution in [1.82, 2.24) is 14.9 Å². The molecule has 4 rings (SSSR count). The molecule has 0 radical (unpaired) electrons. The van der Waals surface area contributed by atoms with Crippen molar-refractivity contribution in [1.29, 1.82) is 0 Å². The molecule has 0 amide bonds. The van der Waals surface area contributed by atoms with Gasteiger partial charge < -0.3 is 9.69 Å². The third kappa shape index (κ3) is 3.53. The van der Waals surface area contributed by atoms with E-state index in [4.69, 9.17) is 21.6 Å². The van der Waals surface area contributed by atoms with Crippen LogP contribution in [0.25, 0.3) is 22.3 Å². The maximum atomic E-state index is 10.8. The van der Waals surface area contributed by atoms with Crippen molar-refractivity contribution in [2.24, 2.45) is 0 Å². The summed E-state index contributed by atoms with van der Waals surface area (Å²) in [5.41, 5.74) is 2.91. The first-order valence-corrected chi connectivity index (χ1v) is 9.48. The van der Waals surface area contributed by atoms with Crippen molar-refractivity contribution in [2.75, 3.05) is 37.6 Å². The van der Waals surface area contributed by atoms with Crippen LogP contribution in [0.3, 0.4) is 0 Å². The zero-order valence-electron chi connectivity index (χ0n) is 15.2. The minimum Gasteiger partial charge on any atom is -0.353 e. The van der Waals surface area contributed by atoms with Crippen molar-refractivity contribution < 1.29 is 4.79 Å². The summed E-state index contributed by atoms with van der Waals surface area (Å²) in [5.74, 6) is 1.59. The highest BCUT2D eigenvalue weighted by molar-refractivity contribution is 6.33. The first kappa shape index (κ1) is 17.9. The lowest BCUT2D eigenvalue weighted by atomic mass is 10.1. The number of nitrogens with zero attached hydrogens (tertiary/aromatic N) is 4. The number of carbonyl (C=O) groups excluding carboxylic acids is 1. The number of anilines is 1. The third-order valence-corrected chi connectivity index (χ3v) is 5.36. The maximum absolute atomic E-state index is 10.8. The second-order valence-electron chi connectivity index (χ2n) is 6.77. The molecule has 0 saturated carbocycles. The van der Waals surface area contributed by atoms with Gasteiger partial charge in [-0.1, -0.05) is 35.9 Å². The highest BCUT2D eigenvalue weighted by Gasteiger charge is 2.22. The van der Waals surface area contributed by atoms with Crippen LogP contribution in [-0.4, -0.2) is 53.9 Å². The van der Waals surface area contributed by atoms with Gasteiger partial charge in [-0.15, -0.1) is 0 Å². The lowest BCUT2D eigenvalue weighted by Crippen LogP contribution is -2.47. The van der Waals surface area contributed by atoms with Gasteiger partial charge in [0, 0.05) is 37.1 Å². The molecule has 1 fully saturated rings. The minimum absolute atomic E-state index is 0.488. The first-order chi connectivity index (χ1) is 13.2. The molecule has 2 heterocycles. The van der Waals surface area contributed by atoms with Gasteiger partial charge in [0.2, 0.25) is 0 Å². The number of hydrogen-bond acceptors (Lipinski definition) is 5. The van der Waals surface area contributed by atoms with Gasteiger partial charge in [-0.2, -0.15) is 0 Å². The Morgan fingerprint density at radius 1 is 1.04 bits per heavy atom. The molecule has 138 valence electrons. The molecule has 3 aromatic rings. The van der Waals surface area contributed by atoms with Gasteiger partial charge in [0.1, 0.15) is 12.1 Å². The summed E-state index contributed by atoms with van der Waals surface area (Å²) in [6, 6.07) is 13.8. The second-order valence-corrected chi connectivity index (χ2v) is 7.18. The Balaban J connectivity index is 1.81. The quantitative estimate of drug-likeness (QED) is 0.647. The molecule has 0 aliphatic carbocycles. The molecule has 1 saturated heterocycles. The number of piperazine rings is 1. The topological polar surface area (TPSA) is 49.3 Å². The Hall–Kier alpha value is -2.50. The number of carbonyl (C=O) groups is 1. The molecule has 0 unspecified atom stereocenters. The van der Waals surface area contributed by atoms with E-state index < -0.39 is 0 Å². The maximum Gasteiger partial charge on any atom is 0.163 e. The van der Waals surface area contributed by atoms with Gasteiger partial charge >= 0.3 is 0 Å². The van der Waals surface area contributed by atoms with Crippen LogP contribution in [0.1, 0.15) is 5.56 Å². The average molecular weight is 381 g/mol. The number of fused-ring (bicyclic) bond motifs is 1. The van der Waals surface area contributed by atoms with Gasteiger partial charge in [0.25, 0.3) is 0 Å². The summed E-state index contributed by atoms with van der Waals surface area (Å²) in [5, 5.41) is 1.73. The van der Waals surface area contributed by atoms with Crippen molar-refractivity contribution in [3.8, 4) is 11.4 Å². The van der Waals surface area contributed by atoms with Crippen LogP contribution in [0.5, 0.6) is 0 Å². The number of hydrogen-bond donors (Lipinski definition) is 0. The van der Waals surface area contributed by atoms with Crippen molar-refractivity contribution in [3.63, 3.8) is 0 Å². The summed E-state index contributed by atoms with van der Waals surface area (Å²) < 4.78 is 0. The first-order valence-electron chi connectivity index (χ1n) is 9.10. The summed E-state index contributed by atoms with van der Waals surface area (Å²) in [4.78, 5) is 25.0. The molecule has 0 N–H and O–H groups in total. The van der Waals surface area contributed by atoms with E-state index in [1.54, 1.807) is 0 Å². The summed E-state index contributed by atoms with van der Waals surface area (Å²) in [7, 11) is 0. The molecular weight excluding hydrogens is 360 g/mol. The molecule has 2 aromatic carbocycles. The van der Waals surface area contributed by atoms with E-state index in [-0.39, 0.29) is 0 Å². The number of benzene rings is 2. The van der Waals surface area contributed by atoms with E-state index in [1.807, 2.05) is 36.4 Å². The fourth-order valence-electron chi connectivity index (χ4n) is 3.57. The van der Waals surface area contributed by atoms with Crippen molar-refractivity contribution in [3.05, 3.63) is 53.1 Å². The Labute approximate surface area is 163 Å². The van der Waals surface area contributed by atoms with Gasteiger partial charge in [-0.3, -0.25) is 4.90 Å². The van der Waals surface area contributed by atoms with Crippen LogP contribution < -0.4 is 4.90 Å². The van der Waals surface area contributed by atoms with Crippen molar-refractivity contribution in [2.45, 2.75) is 6.92 Å². The second kappa shape index (κ2) is 7.62. The van der Waals surface area contributed by atoms with Gasteiger partial charge in [0.15, 0.2) is 5.82 Å². The lowest BCUT2D eigenvalue weighted by Gasteiger charge is -2.35. The zero-order valence-corrected chi connectivity index (χ0v) is 16.0. The number of aromatic nitrogens is 2. The van der Waals surface area contributed by atoms with Gasteiger partial charge in [-0.25, -0.2) is 9.97 Å². The summed E-state index contributed by atoms with van der Waals surface area (Å²) >= 11 is 6.40. The number of halogens is 1. The minimum atomic E-state index is 0.488. The molecule has 6 heteroatoms. The highest BCUT2D eigenvalue weighted by Crippen LogP contribution is 2.32. The van der Waals surface area contributed by atoms with Gasteiger partial charge in [-0.05, 0) is 30.7 Å². The predicted molar refractivity (Wildman–Crippen MR) is 109 cm³/mol. The van der Waals surface area contributed by atoms with Crippen LogP contribution in [0.2, 0.25) is 5.02 Å². The van der Waals surface area contributed by atoms with Crippen molar-refractivity contribution >= 4 is 34.6 Å². The molecule has 27 heavy (non-hydrogen) atoms. The normalized spacial score (nSPS) is 15.3. The standard InChI is InChI=1S/C21H21ClN4O/c1-15-5-4-8-18-19(15)21(26-11-9-25(10-12-26)13-14-27)24-20(23-18)16-6-2-3-7-17(16)22/h2-8,14H,9-13H2,1H3. The van der Waals surface area contributed by atoms with E-state index in [2.05, 4.69) is 22.8 Å². The third-order valence-electron chi connectivity index (χ3n) is 5.03. The average Bonchev–Trinajstić information content (AvgIpc) is 2.69. The lowest BCUT2D eigenvalue weighted by molar-refractivity contribution is -0.108. The molecular formula is C21H21ClN4O. The zero-order chi connectivity index (χ0) is 18.8. The number of aldehydes is 1. The molecule has 0 spiro atoms. The van der Waals surface area contributed by atoms with Crippen LogP contribution in [0, 0.1) is 6.92 Å². The van der Waals surface area contributed by atoms with E-state index >= 15 is 0 Å². The van der Waals surface area contributed by atoms with E-state index in [0.717, 1.165) is 60.3 Å². The highest BCUT2D eigenvalue weighted by atomic mass is 35.5. The summed E-state index contributed by atoms with van der Waals surface area (Å²) in [6.45, 7) is 5.93. The molecule has 5 nitrogen and oxygen atoms in total. The van der Waals surface area contributed by atoms with Gasteiger partial charge in [0.05, 0.1) is 17.1 Å². The van der Waals surface area contributed by atoms with Crippen LogP contribution in [0.4, 0.5) is 5.82 Å². The number of rotatable bonds is 4. The van der Waals surface area contributed by atoms with Crippen LogP contribution in [-0.2, 0) is 4.79 Å². The molecule has 1 aliphatic rings. The molecule has 1 aromatic heterocycles. The number of aryl methyl sites for hydroxylation is 1. The molecule has 1 aliphatic heterocycles. The van der Waals surface area contributed by atoms with E-state index in [1.165, 1.54) is 0 Å². The van der Waals surface area contributed by atoms with Crippen LogP contribution >= 0.6 is 11.6 Å². The fourth-order valence-corrected chi connectivity index (χ4v) is 3.79. The predicted octanol–water partition coefficient (Wildman–Crippen LogP) is 3.58. The van der Waals surface area contributed by atoms with E-state index in [9.17, 15) is 4.79 Å². The monoisotopic (exact) mass is 380 g/mol.